The van der Waals surface area contributed by atoms with Gasteiger partial charge in [-0.2, -0.15) is 0 Å². The first-order valence-electron chi connectivity index (χ1n) is 44.8. The molecule has 2 amide bonds. The maximum absolute atomic E-state index is 14.2. The number of aliphatic hydroxyl groups is 10. The molecule has 19 rings (SSSR count). The molecule has 0 spiro atoms. The van der Waals surface area contributed by atoms with Crippen LogP contribution in [-0.2, 0) is 108 Å². The Bertz CT molecular complexity index is 5950. The van der Waals surface area contributed by atoms with Crippen LogP contribution < -0.4 is 66.6 Å². The number of methoxy groups -OCH3 is 4. The quantitative estimate of drug-likeness (QED) is 0.0103. The van der Waals surface area contributed by atoms with Gasteiger partial charge in [-0.05, 0) is 113 Å². The van der Waals surface area contributed by atoms with Gasteiger partial charge in [0.15, 0.2) is 83.4 Å². The topological polar surface area (TPSA) is 648 Å². The smallest absolute Gasteiger partial charge is 0.419 e. The fourth-order valence-electron chi connectivity index (χ4n) is 19.5. The van der Waals surface area contributed by atoms with Crippen molar-refractivity contribution < 1.29 is 234 Å². The van der Waals surface area contributed by atoms with Gasteiger partial charge in [0.2, 0.25) is 37.7 Å². The molecule has 0 aromatic heterocycles. The Morgan fingerprint density at radius 2 is 0.807 bits per heavy atom. The molecule has 145 heavy (non-hydrogen) atoms. The number of aliphatic carboxylic acids is 1. The number of ether oxygens (including phenoxy) is 25. The maximum Gasteiger partial charge on any atom is 0.419 e. The van der Waals surface area contributed by atoms with Gasteiger partial charge < -0.3 is 182 Å². The van der Waals surface area contributed by atoms with E-state index in [0.717, 1.165) is 53.2 Å². The van der Waals surface area contributed by atoms with E-state index in [1.54, 1.807) is 68.4 Å². The predicted octanol–water partition coefficient (Wildman–Crippen LogP) is 3.00. The zero-order valence-electron chi connectivity index (χ0n) is 78.1. The number of carboxylic acids is 1. The maximum atomic E-state index is 14.2. The molecule has 51 heteroatoms. The summed E-state index contributed by atoms with van der Waals surface area (Å²) in [6.07, 6.45) is -37.6. The number of carbonyl (C=O) groups excluding carboxylic acids is 5. The second-order valence-electron chi connectivity index (χ2n) is 35.1. The molecule has 8 saturated heterocycles. The molecule has 10 aliphatic heterocycles. The second-order valence-corrected chi connectivity index (χ2v) is 35.1. The predicted molar refractivity (Wildman–Crippen MR) is 473 cm³/mol. The van der Waals surface area contributed by atoms with E-state index in [1.165, 1.54) is 59.8 Å². The number of rotatable bonds is 24. The average Bonchev–Trinajstić information content (AvgIpc) is 1.65. The number of nitro groups is 2. The first-order valence-corrected chi connectivity index (χ1v) is 44.8. The number of carboxylic acid groups (broad SMARTS) is 1. The first-order chi connectivity index (χ1) is 68.5. The number of esters is 3. The van der Waals surface area contributed by atoms with Crippen LogP contribution in [0.4, 0.5) is 32.3 Å². The summed E-state index contributed by atoms with van der Waals surface area (Å²) >= 11 is 0. The molecule has 8 fully saturated rings. The molecule has 50 nitrogen and oxygen atoms in total. The van der Waals surface area contributed by atoms with E-state index in [9.17, 15) is 105 Å². The van der Waals surface area contributed by atoms with Gasteiger partial charge in [0, 0.05) is 82.5 Å². The molecule has 10 heterocycles. The van der Waals surface area contributed by atoms with E-state index >= 15 is 0 Å². The number of cyclic esters (lactones) is 2. The molecule has 0 radical (unpaired) electrons. The zero-order valence-corrected chi connectivity index (χ0v) is 79.6. The molecule has 11 N–H and O–H groups in total. The number of aliphatic hydroxyl groups excluding tert-OH is 10. The third kappa shape index (κ3) is 20.2. The Morgan fingerprint density at radius 1 is 0.434 bits per heavy atom. The van der Waals surface area contributed by atoms with Crippen LogP contribution in [0.1, 0.15) is 76.8 Å². The summed E-state index contributed by atoms with van der Waals surface area (Å²) < 4.78 is 145. The largest absolute Gasteiger partial charge is 0.493 e. The van der Waals surface area contributed by atoms with Crippen molar-refractivity contribution in [2.45, 2.75) is 180 Å². The van der Waals surface area contributed by atoms with Crippen LogP contribution in [0.5, 0.6) is 69.0 Å². The summed E-state index contributed by atoms with van der Waals surface area (Å²) in [6, 6.07) is 27.4. The van der Waals surface area contributed by atoms with Crippen LogP contribution >= 0.6 is 0 Å². The van der Waals surface area contributed by atoms with Crippen molar-refractivity contribution in [3.8, 4) is 69.0 Å². The number of hydrogen-bond acceptors (Lipinski definition) is 45. The molecule has 2 aliphatic carbocycles. The summed E-state index contributed by atoms with van der Waals surface area (Å²) in [6.45, 7) is 2.77. The van der Waals surface area contributed by atoms with Crippen molar-refractivity contribution >= 4 is 58.8 Å². The third-order valence-electron chi connectivity index (χ3n) is 26.7. The van der Waals surface area contributed by atoms with Crippen LogP contribution in [0.25, 0.3) is 0 Å². The monoisotopic (exact) mass is 2130 g/mol. The molecule has 30 atom stereocenters. The van der Waals surface area contributed by atoms with Crippen molar-refractivity contribution in [2.75, 3.05) is 92.3 Å². The summed E-state index contributed by atoms with van der Waals surface area (Å²) in [5.74, 6) is -9.15. The molecule has 0 bridgehead atoms. The number of nitro benzene ring substituents is 2. The molecule has 18 unspecified atom stereocenters. The van der Waals surface area contributed by atoms with Crippen molar-refractivity contribution in [3.05, 3.63) is 182 Å². The average molecular weight is 2130 g/mol. The third-order valence-corrected chi connectivity index (χ3v) is 26.7. The number of fused-ring (bicyclic) bond motifs is 8. The molecule has 12 aliphatic rings. The molecule has 7 aromatic carbocycles. The van der Waals surface area contributed by atoms with Crippen LogP contribution in [0.15, 0.2) is 115 Å². The number of anilines is 2. The zero-order chi connectivity index (χ0) is 101. The van der Waals surface area contributed by atoms with Crippen LogP contribution in [-0.4, -0.2) is 320 Å². The van der Waals surface area contributed by atoms with Gasteiger partial charge in [-0.1, -0.05) is 30.3 Å². The minimum Gasteiger partial charge on any atom is -0.493 e. The Kier molecular flexibility index (Phi) is 31.5. The Morgan fingerprint density at radius 3 is 1.19 bits per heavy atom. The van der Waals surface area contributed by atoms with Crippen LogP contribution in [0.3, 0.4) is 0 Å². The van der Waals surface area contributed by atoms with Crippen molar-refractivity contribution in [3.63, 3.8) is 0 Å². The minimum atomic E-state index is -2.05. The van der Waals surface area contributed by atoms with Gasteiger partial charge in [-0.3, -0.25) is 39.6 Å². The van der Waals surface area contributed by atoms with E-state index in [1.807, 2.05) is 0 Å². The number of carbonyl (C=O) groups is 6. The minimum absolute atomic E-state index is 0. The van der Waals surface area contributed by atoms with Gasteiger partial charge in [-0.25, -0.2) is 19.2 Å². The fourth-order valence-corrected chi connectivity index (χ4v) is 19.5. The molecule has 0 saturated carbocycles. The van der Waals surface area contributed by atoms with Crippen molar-refractivity contribution in [1.29, 1.82) is 0 Å². The molecular weight excluding hydrogens is 2030 g/mol. The van der Waals surface area contributed by atoms with Crippen LogP contribution in [0, 0.1) is 51.3 Å². The van der Waals surface area contributed by atoms with Crippen LogP contribution in [0.2, 0.25) is 0 Å². The Hall–Kier alpha value is -12.4. The normalized spacial score (nSPS) is 32.0. The summed E-state index contributed by atoms with van der Waals surface area (Å²) in [5, 5.41) is 142. The molecular formula is C94H101N4O46Pd-. The van der Waals surface area contributed by atoms with Gasteiger partial charge in [0.25, 0.3) is 11.4 Å². The summed E-state index contributed by atoms with van der Waals surface area (Å²) in [4.78, 5) is 105. The molecule has 7 aromatic rings. The number of benzene rings is 7. The number of amides is 2. The van der Waals surface area contributed by atoms with E-state index in [-0.39, 0.29) is 132 Å². The number of non-ortho nitro benzene ring substituents is 2. The summed E-state index contributed by atoms with van der Waals surface area (Å²) in [5.41, 5.74) is 1.77. The van der Waals surface area contributed by atoms with E-state index in [0.29, 0.717) is 61.9 Å². The van der Waals surface area contributed by atoms with Gasteiger partial charge in [0.05, 0.1) is 100 Å². The summed E-state index contributed by atoms with van der Waals surface area (Å²) in [7, 11) is 7.47. The first kappa shape index (κ1) is 105. The fraction of sp³-hybridized carbons (Fsp3) is 0.479. The standard InChI is InChI=1S/C50H52N2O23.C43H46N2O23.CH3.Pd/c1-21-65-19-34-44(70-21)39(55)41(57)49(72-34)73-42-26-16-31-30(68-20-69-31)15-25(26)35(36-27(42)18-67-46(36)58)23-12-32(63-3)43(33(13-23)64-4)75-50(60)51(2)28-14-24(52(61)62)10-11-29(28)71-48-40(56)37(53)38(54)45(74-48)47(59)66-17-22-8-6-5-7-9-22;1-15-59-13-27-37(63-15)32(48)34(50)42(65-27)66-35-19-11-24-23(61-14-62-24)10-18(19)28(29-20(35)12-60-40(29)53)16-7-25(57-3)36(26(8-16)58-4)68-43(54)44(2)21-9-17(45(55)56)5-6-22(21)64-41-33(49)30(46)31(47)38(67-41)39(51)52;;/h5-16,21,27,34-42,44-45,48-49,53-57H,17-20H2,1-4H3;5-11,15,20,27-35,37-38,41-42,46-50H,12-14H2,1-4H3,(H,51,52);1H3;/q;;-1;/t21?,27-,34?,35+,36-,37?,38?,39+,40?,41?,42?,44+,45?,48?,49-;15?,20-,27?,28+,29-,30?,31?,32+,33?,34?,35?,37+,38?,41?,42-;;/m00../s1. The molecule has 784 valence electrons. The van der Waals surface area contributed by atoms with E-state index in [4.69, 9.17) is 118 Å². The van der Waals surface area contributed by atoms with Gasteiger partial charge in [0.1, 0.15) is 104 Å². The van der Waals surface area contributed by atoms with E-state index in [2.05, 4.69) is 0 Å². The number of hydrogen-bond donors (Lipinski definition) is 11. The van der Waals surface area contributed by atoms with Gasteiger partial charge >= 0.3 is 36.1 Å². The number of nitrogens with zero attached hydrogens (tertiary/aromatic N) is 4. The second kappa shape index (κ2) is 43.3. The van der Waals surface area contributed by atoms with E-state index < -0.39 is 240 Å². The SMILES string of the molecule is COc1cc([C@@H]2c3cc4c(cc3C(O[C@@H]3OC5COC(C)O[C@H]5[C@H](O)C3O)[C@H]3COC(=O)[C@H]23)OCO4)cc(OC)c1OC(=O)N(C)c1cc([N+](=O)[O-])ccc1OC1OC(C(=O)O)C(O)C(O)C1O.COc1cc([C@@H]2c3cc4c(cc3C(O[C@@H]3OC5COC(C)O[C@H]5[C@H](O)C3O)[C@H]3COC(=O)[C@H]23)OCO4)cc(OC)c1OC(=O)N(C)c1cc([N+](=O)[O-])ccc1OC1OC(C(=O)OCc2ccccc2)C(O)C(O)C1O.[CH3-].[Pd]. The Labute approximate surface area is 835 Å². The Balaban J connectivity index is 0.000000206. The van der Waals surface area contributed by atoms with Gasteiger partial charge in [-0.15, -0.1) is 0 Å². The van der Waals surface area contributed by atoms with Crippen molar-refractivity contribution in [1.82, 2.24) is 0 Å². The van der Waals surface area contributed by atoms with Crippen molar-refractivity contribution in [2.24, 2.45) is 23.7 Å².